The van der Waals surface area contributed by atoms with Crippen molar-refractivity contribution in [2.45, 2.75) is 51.0 Å². The summed E-state index contributed by atoms with van der Waals surface area (Å²) in [5.74, 6) is 0.429. The SMILES string of the molecule is CC1[C@H]2Cc3ccc(C(N)=O)c([N+](=O)[O-])c3[C@]1(C)CCN2CC1CC1. The Morgan fingerprint density at radius 2 is 2.16 bits per heavy atom. The van der Waals surface area contributed by atoms with Crippen LogP contribution in [0.3, 0.4) is 0 Å². The number of likely N-dealkylation sites (tertiary alicyclic amines) is 1. The summed E-state index contributed by atoms with van der Waals surface area (Å²) in [5, 5.41) is 11.8. The molecule has 0 spiro atoms. The van der Waals surface area contributed by atoms with Gasteiger partial charge in [0, 0.05) is 23.6 Å². The third-order valence-corrected chi connectivity index (χ3v) is 6.87. The van der Waals surface area contributed by atoms with E-state index < -0.39 is 10.8 Å². The number of nitro groups is 1. The lowest BCUT2D eigenvalue weighted by Crippen LogP contribution is -2.58. The van der Waals surface area contributed by atoms with Gasteiger partial charge in [-0.15, -0.1) is 0 Å². The molecule has 3 atom stereocenters. The average Bonchev–Trinajstić information content (AvgIpc) is 3.36. The second-order valence-corrected chi connectivity index (χ2v) is 8.28. The van der Waals surface area contributed by atoms with E-state index in [4.69, 9.17) is 5.73 Å². The molecule has 0 radical (unpaired) electrons. The highest BCUT2D eigenvalue weighted by Gasteiger charge is 2.52. The minimum absolute atomic E-state index is 0.0380. The van der Waals surface area contributed by atoms with Crippen molar-refractivity contribution in [3.8, 4) is 0 Å². The summed E-state index contributed by atoms with van der Waals surface area (Å²) < 4.78 is 0. The van der Waals surface area contributed by atoms with E-state index in [0.717, 1.165) is 43.0 Å². The fourth-order valence-electron chi connectivity index (χ4n) is 5.08. The molecule has 1 saturated carbocycles. The predicted octanol–water partition coefficient (Wildman–Crippen LogP) is 2.63. The summed E-state index contributed by atoms with van der Waals surface area (Å²) in [6.07, 6.45) is 4.37. The number of fused-ring (bicyclic) bond motifs is 4. The van der Waals surface area contributed by atoms with E-state index in [2.05, 4.69) is 18.7 Å². The van der Waals surface area contributed by atoms with Gasteiger partial charge >= 0.3 is 0 Å². The number of nitro benzene ring substituents is 1. The van der Waals surface area contributed by atoms with Crippen LogP contribution >= 0.6 is 0 Å². The van der Waals surface area contributed by atoms with Crippen LogP contribution in [0.2, 0.25) is 0 Å². The van der Waals surface area contributed by atoms with Gasteiger partial charge in [-0.3, -0.25) is 19.8 Å². The van der Waals surface area contributed by atoms with E-state index in [1.165, 1.54) is 12.8 Å². The van der Waals surface area contributed by atoms with Crippen LogP contribution in [0.5, 0.6) is 0 Å². The zero-order chi connectivity index (χ0) is 17.9. The molecule has 1 saturated heterocycles. The van der Waals surface area contributed by atoms with Gasteiger partial charge in [0.2, 0.25) is 0 Å². The van der Waals surface area contributed by atoms with Gasteiger partial charge in [-0.05, 0) is 55.7 Å². The molecule has 25 heavy (non-hydrogen) atoms. The van der Waals surface area contributed by atoms with Crippen molar-refractivity contribution in [1.82, 2.24) is 4.90 Å². The van der Waals surface area contributed by atoms with Crippen LogP contribution in [0.1, 0.15) is 54.6 Å². The van der Waals surface area contributed by atoms with Gasteiger partial charge in [-0.1, -0.05) is 19.9 Å². The van der Waals surface area contributed by atoms with Gasteiger partial charge in [0.05, 0.1) is 4.92 Å². The van der Waals surface area contributed by atoms with Crippen molar-refractivity contribution in [2.75, 3.05) is 13.1 Å². The van der Waals surface area contributed by atoms with Gasteiger partial charge in [-0.2, -0.15) is 0 Å². The molecule has 1 heterocycles. The van der Waals surface area contributed by atoms with Crippen molar-refractivity contribution in [1.29, 1.82) is 0 Å². The summed E-state index contributed by atoms with van der Waals surface area (Å²) in [6.45, 7) is 6.48. The van der Waals surface area contributed by atoms with Crippen molar-refractivity contribution < 1.29 is 9.72 Å². The molecule has 4 rings (SSSR count). The van der Waals surface area contributed by atoms with Gasteiger partial charge in [0.15, 0.2) is 0 Å². The number of benzene rings is 1. The second-order valence-electron chi connectivity index (χ2n) is 8.28. The summed E-state index contributed by atoms with van der Waals surface area (Å²) in [5.41, 5.74) is 6.88. The number of nitrogens with two attached hydrogens (primary N) is 1. The van der Waals surface area contributed by atoms with E-state index in [1.807, 2.05) is 6.07 Å². The third-order valence-electron chi connectivity index (χ3n) is 6.87. The Bertz CT molecular complexity index is 759. The van der Waals surface area contributed by atoms with Crippen LogP contribution in [0.25, 0.3) is 0 Å². The molecule has 2 fully saturated rings. The highest BCUT2D eigenvalue weighted by Crippen LogP contribution is 2.52. The lowest BCUT2D eigenvalue weighted by Gasteiger charge is -2.54. The first-order valence-electron chi connectivity index (χ1n) is 9.17. The molecule has 1 aromatic rings. The fraction of sp³-hybridized carbons (Fsp3) is 0.632. The van der Waals surface area contributed by atoms with E-state index in [9.17, 15) is 14.9 Å². The molecule has 2 aliphatic carbocycles. The number of nitrogens with zero attached hydrogens (tertiary/aromatic N) is 2. The number of piperidine rings is 1. The molecule has 1 aromatic carbocycles. The molecule has 3 aliphatic rings. The standard InChI is InChI=1S/C19H25N3O3/c1-11-15-9-13-5-6-14(18(20)23)17(22(24)25)16(13)19(11,2)7-8-21(15)10-12-3-4-12/h5-6,11-12,15H,3-4,7-10H2,1-2H3,(H2,20,23)/t11?,15-,19-/m1/s1. The average molecular weight is 343 g/mol. The van der Waals surface area contributed by atoms with E-state index in [1.54, 1.807) is 6.07 Å². The Morgan fingerprint density at radius 3 is 2.76 bits per heavy atom. The Labute approximate surface area is 147 Å². The molecule has 2 N–H and O–H groups in total. The Kier molecular flexibility index (Phi) is 3.65. The molecule has 1 aliphatic heterocycles. The van der Waals surface area contributed by atoms with Crippen LogP contribution in [-0.2, 0) is 11.8 Å². The molecule has 6 nitrogen and oxygen atoms in total. The number of amides is 1. The number of hydrogen-bond donors (Lipinski definition) is 1. The van der Waals surface area contributed by atoms with Crippen LogP contribution in [-0.4, -0.2) is 34.9 Å². The van der Waals surface area contributed by atoms with Crippen LogP contribution in [0, 0.1) is 22.0 Å². The van der Waals surface area contributed by atoms with Gasteiger partial charge < -0.3 is 5.73 Å². The molecule has 1 amide bonds. The highest BCUT2D eigenvalue weighted by atomic mass is 16.6. The molecule has 6 heteroatoms. The van der Waals surface area contributed by atoms with Crippen molar-refractivity contribution in [3.05, 3.63) is 38.9 Å². The van der Waals surface area contributed by atoms with Gasteiger partial charge in [0.25, 0.3) is 11.6 Å². The zero-order valence-electron chi connectivity index (χ0n) is 14.8. The van der Waals surface area contributed by atoms with Crippen LogP contribution in [0.15, 0.2) is 12.1 Å². The maximum Gasteiger partial charge on any atom is 0.286 e. The Balaban J connectivity index is 1.83. The fourth-order valence-corrected chi connectivity index (χ4v) is 5.08. The Hall–Kier alpha value is -1.95. The first kappa shape index (κ1) is 16.5. The van der Waals surface area contributed by atoms with Gasteiger partial charge in [0.1, 0.15) is 5.56 Å². The molecule has 0 aromatic heterocycles. The summed E-state index contributed by atoms with van der Waals surface area (Å²) in [6, 6.07) is 3.85. The lowest BCUT2D eigenvalue weighted by atomic mass is 9.58. The quantitative estimate of drug-likeness (QED) is 0.672. The maximum absolute atomic E-state index is 11.8. The maximum atomic E-state index is 11.8. The largest absolute Gasteiger partial charge is 0.365 e. The minimum atomic E-state index is -0.723. The highest BCUT2D eigenvalue weighted by molar-refractivity contribution is 5.98. The smallest absolute Gasteiger partial charge is 0.286 e. The van der Waals surface area contributed by atoms with E-state index in [0.29, 0.717) is 12.0 Å². The van der Waals surface area contributed by atoms with Crippen molar-refractivity contribution >= 4 is 11.6 Å². The monoisotopic (exact) mass is 343 g/mol. The lowest BCUT2D eigenvalue weighted by molar-refractivity contribution is -0.386. The third kappa shape index (κ3) is 2.46. The predicted molar refractivity (Wildman–Crippen MR) is 94.5 cm³/mol. The molecular weight excluding hydrogens is 318 g/mol. The molecule has 1 unspecified atom stereocenters. The zero-order valence-corrected chi connectivity index (χ0v) is 14.8. The normalized spacial score (nSPS) is 31.4. The minimum Gasteiger partial charge on any atom is -0.365 e. The van der Waals surface area contributed by atoms with E-state index in [-0.39, 0.29) is 16.7 Å². The number of hydrogen-bond acceptors (Lipinski definition) is 4. The topological polar surface area (TPSA) is 89.5 Å². The second kappa shape index (κ2) is 5.53. The van der Waals surface area contributed by atoms with Crippen molar-refractivity contribution in [3.63, 3.8) is 0 Å². The number of primary amides is 1. The van der Waals surface area contributed by atoms with Crippen molar-refractivity contribution in [2.24, 2.45) is 17.6 Å². The van der Waals surface area contributed by atoms with Gasteiger partial charge in [-0.25, -0.2) is 0 Å². The van der Waals surface area contributed by atoms with Crippen LogP contribution in [0.4, 0.5) is 5.69 Å². The molecular formula is C19H25N3O3. The first-order chi connectivity index (χ1) is 11.8. The number of carbonyl (C=O) groups is 1. The first-order valence-corrected chi connectivity index (χ1v) is 9.17. The Morgan fingerprint density at radius 1 is 1.44 bits per heavy atom. The van der Waals surface area contributed by atoms with Crippen LogP contribution < -0.4 is 5.73 Å². The molecule has 2 bridgehead atoms. The number of carbonyl (C=O) groups excluding carboxylic acids is 1. The summed E-state index contributed by atoms with van der Waals surface area (Å²) >= 11 is 0. The summed E-state index contributed by atoms with van der Waals surface area (Å²) in [4.78, 5) is 25.8. The summed E-state index contributed by atoms with van der Waals surface area (Å²) in [7, 11) is 0. The molecule has 134 valence electrons. The van der Waals surface area contributed by atoms with E-state index >= 15 is 0 Å². The number of rotatable bonds is 4.